The number of fused-ring (bicyclic) bond motifs is 2. The molecule has 2 aromatic rings. The first kappa shape index (κ1) is 19.6. The van der Waals surface area contributed by atoms with Gasteiger partial charge in [0.15, 0.2) is 11.4 Å². The van der Waals surface area contributed by atoms with Crippen molar-refractivity contribution in [2.75, 3.05) is 25.0 Å². The van der Waals surface area contributed by atoms with E-state index in [1.807, 2.05) is 0 Å². The molecule has 3 heterocycles. The summed E-state index contributed by atoms with van der Waals surface area (Å²) in [5.41, 5.74) is -0.722. The normalized spacial score (nSPS) is 22.8. The molecule has 31 heavy (non-hydrogen) atoms. The smallest absolute Gasteiger partial charge is 0.411 e. The molecule has 0 radical (unpaired) electrons. The van der Waals surface area contributed by atoms with Crippen molar-refractivity contribution in [1.82, 2.24) is 10.3 Å². The van der Waals surface area contributed by atoms with E-state index < -0.39 is 34.7 Å². The molecular formula is C22H20FN3O5. The van der Waals surface area contributed by atoms with Crippen molar-refractivity contribution in [2.45, 2.75) is 30.3 Å². The van der Waals surface area contributed by atoms with Crippen molar-refractivity contribution >= 4 is 23.5 Å². The van der Waals surface area contributed by atoms with E-state index in [4.69, 9.17) is 9.84 Å². The zero-order valence-corrected chi connectivity index (χ0v) is 16.8. The number of Topliss-reactive ketones (excluding diaryl/α,β-unsaturated/α-hetero) is 1. The van der Waals surface area contributed by atoms with Crippen molar-refractivity contribution in [3.8, 4) is 0 Å². The summed E-state index contributed by atoms with van der Waals surface area (Å²) in [6.07, 6.45) is 1.73. The standard InChI is InChI=1S/C22H20FN3O5/c1-26(20(29)30)12-2-3-13(15(23)10-12)21(5-6-21)18(27)17-16-14(4-8-25-17)22(31-19(16)28)7-9-24-11-22/h2-4,8,10,24H,5-7,9,11H2,1H3,(H,29,30)/t22-/m0/s1. The van der Waals surface area contributed by atoms with Gasteiger partial charge in [-0.05, 0) is 37.6 Å². The van der Waals surface area contributed by atoms with E-state index >= 15 is 0 Å². The van der Waals surface area contributed by atoms with Crippen molar-refractivity contribution < 1.29 is 28.6 Å². The summed E-state index contributed by atoms with van der Waals surface area (Å²) in [6, 6.07) is 5.73. The molecule has 1 amide bonds. The van der Waals surface area contributed by atoms with Crippen molar-refractivity contribution in [1.29, 1.82) is 0 Å². The van der Waals surface area contributed by atoms with E-state index in [1.54, 1.807) is 6.07 Å². The number of nitrogens with zero attached hydrogens (tertiary/aromatic N) is 2. The molecule has 2 aliphatic heterocycles. The Morgan fingerprint density at radius 1 is 1.23 bits per heavy atom. The van der Waals surface area contributed by atoms with Crippen LogP contribution in [0.2, 0.25) is 0 Å². The molecule has 1 saturated carbocycles. The topological polar surface area (TPSA) is 109 Å². The number of carboxylic acid groups (broad SMARTS) is 1. The maximum Gasteiger partial charge on any atom is 0.411 e. The first-order valence-corrected chi connectivity index (χ1v) is 10.0. The van der Waals surface area contributed by atoms with Gasteiger partial charge in [-0.25, -0.2) is 14.0 Å². The lowest BCUT2D eigenvalue weighted by Gasteiger charge is -2.22. The van der Waals surface area contributed by atoms with Gasteiger partial charge in [0.1, 0.15) is 11.5 Å². The number of anilines is 1. The van der Waals surface area contributed by atoms with Crippen LogP contribution in [-0.2, 0) is 15.8 Å². The van der Waals surface area contributed by atoms with Crippen LogP contribution in [0.25, 0.3) is 0 Å². The molecule has 9 heteroatoms. The summed E-state index contributed by atoms with van der Waals surface area (Å²) in [7, 11) is 1.31. The quantitative estimate of drug-likeness (QED) is 0.573. The molecule has 1 aliphatic carbocycles. The Morgan fingerprint density at radius 2 is 2.00 bits per heavy atom. The highest BCUT2D eigenvalue weighted by Gasteiger charge is 2.56. The van der Waals surface area contributed by atoms with Crippen LogP contribution in [0.15, 0.2) is 30.5 Å². The molecule has 0 bridgehead atoms. The Morgan fingerprint density at radius 3 is 2.61 bits per heavy atom. The third-order valence-electron chi connectivity index (χ3n) is 6.59. The Labute approximate surface area is 177 Å². The number of amides is 1. The summed E-state index contributed by atoms with van der Waals surface area (Å²) in [5.74, 6) is -1.66. The lowest BCUT2D eigenvalue weighted by atomic mass is 9.85. The van der Waals surface area contributed by atoms with Crippen molar-refractivity contribution in [3.05, 3.63) is 58.7 Å². The molecule has 3 aliphatic rings. The number of ether oxygens (including phenoxy) is 1. The summed E-state index contributed by atoms with van der Waals surface area (Å²) < 4.78 is 20.7. The van der Waals surface area contributed by atoms with Crippen LogP contribution >= 0.6 is 0 Å². The number of hydrogen-bond donors (Lipinski definition) is 2. The third-order valence-corrected chi connectivity index (χ3v) is 6.59. The number of nitrogens with one attached hydrogen (secondary N) is 1. The van der Waals surface area contributed by atoms with Gasteiger partial charge in [0, 0.05) is 43.0 Å². The van der Waals surface area contributed by atoms with E-state index in [0.717, 1.165) is 11.0 Å². The van der Waals surface area contributed by atoms with Crippen molar-refractivity contribution in [3.63, 3.8) is 0 Å². The Hall–Kier alpha value is -3.33. The zero-order chi connectivity index (χ0) is 22.0. The van der Waals surface area contributed by atoms with Gasteiger partial charge in [-0.15, -0.1) is 0 Å². The van der Waals surface area contributed by atoms with Crippen LogP contribution in [0.3, 0.4) is 0 Å². The van der Waals surface area contributed by atoms with Gasteiger partial charge in [-0.3, -0.25) is 14.7 Å². The van der Waals surface area contributed by atoms with E-state index in [1.165, 1.54) is 25.4 Å². The minimum Gasteiger partial charge on any atom is -0.465 e. The van der Waals surface area contributed by atoms with Gasteiger partial charge in [0.25, 0.3) is 0 Å². The zero-order valence-electron chi connectivity index (χ0n) is 16.8. The fraction of sp³-hybridized carbons (Fsp3) is 0.364. The van der Waals surface area contributed by atoms with Crippen LogP contribution in [-0.4, -0.2) is 48.1 Å². The maximum atomic E-state index is 15.0. The molecule has 1 aromatic heterocycles. The maximum absolute atomic E-state index is 15.0. The second-order valence-electron chi connectivity index (χ2n) is 8.31. The molecule has 8 nitrogen and oxygen atoms in total. The second-order valence-corrected chi connectivity index (χ2v) is 8.31. The van der Waals surface area contributed by atoms with Crippen LogP contribution in [0.5, 0.6) is 0 Å². The number of carbonyl (C=O) groups is 3. The molecule has 1 spiro atoms. The van der Waals surface area contributed by atoms with E-state index in [9.17, 15) is 18.8 Å². The van der Waals surface area contributed by atoms with Gasteiger partial charge < -0.3 is 15.2 Å². The molecular weight excluding hydrogens is 405 g/mol. The molecule has 5 rings (SSSR count). The van der Waals surface area contributed by atoms with E-state index in [0.29, 0.717) is 37.9 Å². The summed E-state index contributed by atoms with van der Waals surface area (Å²) in [5, 5.41) is 12.3. The van der Waals surface area contributed by atoms with Crippen LogP contribution in [0.4, 0.5) is 14.9 Å². The number of esters is 1. The van der Waals surface area contributed by atoms with E-state index in [-0.39, 0.29) is 22.5 Å². The predicted molar refractivity (Wildman–Crippen MR) is 107 cm³/mol. The van der Waals surface area contributed by atoms with Crippen LogP contribution < -0.4 is 10.2 Å². The monoisotopic (exact) mass is 425 g/mol. The Balaban J connectivity index is 1.54. The fourth-order valence-electron chi connectivity index (χ4n) is 4.67. The number of aromatic nitrogens is 1. The minimum absolute atomic E-state index is 0.00917. The van der Waals surface area contributed by atoms with Gasteiger partial charge in [-0.2, -0.15) is 0 Å². The highest BCUT2D eigenvalue weighted by Crippen LogP contribution is 2.53. The summed E-state index contributed by atoms with van der Waals surface area (Å²) >= 11 is 0. The van der Waals surface area contributed by atoms with Gasteiger partial charge >= 0.3 is 12.1 Å². The van der Waals surface area contributed by atoms with Crippen LogP contribution in [0.1, 0.15) is 51.2 Å². The molecule has 160 valence electrons. The Kier molecular flexibility index (Phi) is 4.17. The average molecular weight is 425 g/mol. The highest BCUT2D eigenvalue weighted by atomic mass is 19.1. The largest absolute Gasteiger partial charge is 0.465 e. The highest BCUT2D eigenvalue weighted by molar-refractivity contribution is 6.12. The summed E-state index contributed by atoms with van der Waals surface area (Å²) in [6.45, 7) is 1.17. The number of hydrogen-bond acceptors (Lipinski definition) is 6. The number of carbonyl (C=O) groups excluding carboxylic acids is 2. The molecule has 2 N–H and O–H groups in total. The number of rotatable bonds is 4. The lowest BCUT2D eigenvalue weighted by molar-refractivity contribution is 0.00157. The number of benzene rings is 1. The molecule has 1 aromatic carbocycles. The third kappa shape index (κ3) is 2.76. The van der Waals surface area contributed by atoms with Crippen LogP contribution in [0, 0.1) is 5.82 Å². The molecule has 1 atom stereocenters. The number of ketones is 1. The first-order chi connectivity index (χ1) is 14.8. The van der Waals surface area contributed by atoms with E-state index in [2.05, 4.69) is 10.3 Å². The number of halogens is 1. The predicted octanol–water partition coefficient (Wildman–Crippen LogP) is 2.61. The average Bonchev–Trinajstić information content (AvgIpc) is 3.34. The lowest BCUT2D eigenvalue weighted by Crippen LogP contribution is -2.29. The van der Waals surface area contributed by atoms with Gasteiger partial charge in [0.05, 0.1) is 11.0 Å². The number of pyridine rings is 1. The van der Waals surface area contributed by atoms with Gasteiger partial charge in [0.2, 0.25) is 0 Å². The minimum atomic E-state index is -1.22. The molecule has 0 unspecified atom stereocenters. The fourth-order valence-corrected chi connectivity index (χ4v) is 4.67. The first-order valence-electron chi connectivity index (χ1n) is 10.0. The Bertz CT molecular complexity index is 1140. The van der Waals surface area contributed by atoms with Crippen molar-refractivity contribution in [2.24, 2.45) is 0 Å². The SMILES string of the molecule is CN(C(=O)O)c1ccc(C2(C(=O)c3nccc4c3C(=O)O[C@]43CCNC3)CC2)c(F)c1. The van der Waals surface area contributed by atoms with Gasteiger partial charge in [-0.1, -0.05) is 6.07 Å². The summed E-state index contributed by atoms with van der Waals surface area (Å²) in [4.78, 5) is 42.5. The molecule has 1 saturated heterocycles. The second kappa shape index (κ2) is 6.58. The molecule has 2 fully saturated rings.